The number of amides is 1. The Morgan fingerprint density at radius 2 is 2.16 bits per heavy atom. The highest BCUT2D eigenvalue weighted by Crippen LogP contribution is 2.29. The summed E-state index contributed by atoms with van der Waals surface area (Å²) in [6, 6.07) is 11.7. The highest BCUT2D eigenvalue weighted by molar-refractivity contribution is 5.77. The smallest absolute Gasteiger partial charge is 0.258 e. The molecule has 5 nitrogen and oxygen atoms in total. The van der Waals surface area contributed by atoms with Crippen molar-refractivity contribution >= 4 is 11.6 Å². The number of hydrogen-bond acceptors (Lipinski definition) is 4. The Balaban J connectivity index is 1.49. The normalized spacial score (nSPS) is 14.1. The summed E-state index contributed by atoms with van der Waals surface area (Å²) in [5.41, 5.74) is 3.15. The van der Waals surface area contributed by atoms with E-state index in [0.29, 0.717) is 0 Å². The number of halogens is 1. The molecule has 1 aliphatic heterocycles. The van der Waals surface area contributed by atoms with Gasteiger partial charge in [-0.2, -0.15) is 0 Å². The minimum Gasteiger partial charge on any atom is -0.481 e. The Labute approximate surface area is 146 Å². The lowest BCUT2D eigenvalue weighted by Gasteiger charge is -2.15. The Hall–Kier alpha value is -2.60. The number of likely N-dealkylation sites (N-methyl/N-ethyl adjacent to an activating group) is 1. The molecule has 1 aliphatic rings. The molecular formula is C19H21FN2O3. The molecule has 2 N–H and O–H groups in total. The average Bonchev–Trinajstić information content (AvgIpc) is 2.99. The first kappa shape index (κ1) is 17.2. The lowest BCUT2D eigenvalue weighted by molar-refractivity contribution is -0.123. The van der Waals surface area contributed by atoms with Crippen molar-refractivity contribution in [3.63, 3.8) is 0 Å². The molecule has 0 aromatic heterocycles. The van der Waals surface area contributed by atoms with Gasteiger partial charge in [0.1, 0.15) is 0 Å². The van der Waals surface area contributed by atoms with Gasteiger partial charge in [0, 0.05) is 25.8 Å². The first-order valence-corrected chi connectivity index (χ1v) is 8.20. The third-order valence-electron chi connectivity index (χ3n) is 4.30. The van der Waals surface area contributed by atoms with Crippen LogP contribution in [0.15, 0.2) is 42.5 Å². The molecule has 1 amide bonds. The van der Waals surface area contributed by atoms with E-state index < -0.39 is 17.8 Å². The van der Waals surface area contributed by atoms with Gasteiger partial charge in [-0.15, -0.1) is 0 Å². The van der Waals surface area contributed by atoms with Crippen molar-refractivity contribution in [3.05, 3.63) is 59.4 Å². The van der Waals surface area contributed by atoms with Crippen LogP contribution in [0.3, 0.4) is 0 Å². The summed E-state index contributed by atoms with van der Waals surface area (Å²) >= 11 is 0. The quantitative estimate of drug-likeness (QED) is 0.842. The van der Waals surface area contributed by atoms with Gasteiger partial charge in [0.15, 0.2) is 18.2 Å². The number of aliphatic hydroxyl groups is 1. The summed E-state index contributed by atoms with van der Waals surface area (Å²) in [7, 11) is 2.04. The summed E-state index contributed by atoms with van der Waals surface area (Å²) in [5, 5.41) is 12.9. The zero-order valence-corrected chi connectivity index (χ0v) is 14.0. The summed E-state index contributed by atoms with van der Waals surface area (Å²) in [5.74, 6) is -0.900. The van der Waals surface area contributed by atoms with Crippen LogP contribution in [0.4, 0.5) is 10.1 Å². The maximum absolute atomic E-state index is 13.4. The lowest BCUT2D eigenvalue weighted by atomic mass is 10.0. The van der Waals surface area contributed by atoms with Gasteiger partial charge in [-0.05, 0) is 35.7 Å². The molecule has 1 unspecified atom stereocenters. The van der Waals surface area contributed by atoms with Crippen LogP contribution in [0.25, 0.3) is 0 Å². The first-order valence-electron chi connectivity index (χ1n) is 8.20. The van der Waals surface area contributed by atoms with E-state index in [2.05, 4.69) is 10.2 Å². The van der Waals surface area contributed by atoms with Crippen LogP contribution < -0.4 is 15.0 Å². The second-order valence-electron chi connectivity index (χ2n) is 6.10. The molecule has 0 spiro atoms. The molecule has 1 atom stereocenters. The predicted molar refractivity (Wildman–Crippen MR) is 93.3 cm³/mol. The van der Waals surface area contributed by atoms with E-state index in [1.165, 1.54) is 23.4 Å². The molecule has 1 heterocycles. The lowest BCUT2D eigenvalue weighted by Crippen LogP contribution is -2.32. The van der Waals surface area contributed by atoms with Gasteiger partial charge in [0.05, 0.1) is 6.10 Å². The Bertz CT molecular complexity index is 766. The average molecular weight is 344 g/mol. The molecular weight excluding hydrogens is 323 g/mol. The number of ether oxygens (including phenoxy) is 1. The van der Waals surface area contributed by atoms with Crippen LogP contribution >= 0.6 is 0 Å². The van der Waals surface area contributed by atoms with E-state index in [9.17, 15) is 14.3 Å². The van der Waals surface area contributed by atoms with Crippen LogP contribution in [0.1, 0.15) is 17.2 Å². The van der Waals surface area contributed by atoms with Gasteiger partial charge in [-0.3, -0.25) is 4.79 Å². The molecule has 0 saturated heterocycles. The van der Waals surface area contributed by atoms with Crippen molar-refractivity contribution in [2.24, 2.45) is 0 Å². The molecule has 2 aromatic rings. The molecule has 132 valence electrons. The van der Waals surface area contributed by atoms with Crippen molar-refractivity contribution < 1.29 is 19.0 Å². The van der Waals surface area contributed by atoms with Gasteiger partial charge in [0.25, 0.3) is 5.91 Å². The number of fused-ring (bicyclic) bond motifs is 1. The second kappa shape index (κ2) is 7.53. The highest BCUT2D eigenvalue weighted by Gasteiger charge is 2.18. The number of anilines is 1. The van der Waals surface area contributed by atoms with Crippen LogP contribution in [-0.2, 0) is 11.2 Å². The van der Waals surface area contributed by atoms with Crippen molar-refractivity contribution in [2.45, 2.75) is 12.5 Å². The van der Waals surface area contributed by atoms with Gasteiger partial charge in [-0.1, -0.05) is 24.3 Å². The predicted octanol–water partition coefficient (Wildman–Crippen LogP) is 2.05. The van der Waals surface area contributed by atoms with Crippen LogP contribution in [0.5, 0.6) is 5.75 Å². The van der Waals surface area contributed by atoms with E-state index in [1.54, 1.807) is 12.1 Å². The van der Waals surface area contributed by atoms with Gasteiger partial charge in [-0.25, -0.2) is 4.39 Å². The largest absolute Gasteiger partial charge is 0.481 e. The van der Waals surface area contributed by atoms with E-state index in [1.807, 2.05) is 25.2 Å². The van der Waals surface area contributed by atoms with E-state index in [-0.39, 0.29) is 18.9 Å². The second-order valence-corrected chi connectivity index (χ2v) is 6.10. The van der Waals surface area contributed by atoms with E-state index in [4.69, 9.17) is 4.74 Å². The summed E-state index contributed by atoms with van der Waals surface area (Å²) in [6.07, 6.45) is 0.156. The fourth-order valence-corrected chi connectivity index (χ4v) is 2.88. The number of hydrogen-bond donors (Lipinski definition) is 2. The topological polar surface area (TPSA) is 61.8 Å². The minimum absolute atomic E-state index is 0.0286. The molecule has 25 heavy (non-hydrogen) atoms. The number of nitrogens with zero attached hydrogens (tertiary/aromatic N) is 1. The van der Waals surface area contributed by atoms with Gasteiger partial charge < -0.3 is 20.1 Å². The third kappa shape index (κ3) is 4.09. The molecule has 6 heteroatoms. The van der Waals surface area contributed by atoms with Crippen LogP contribution in [-0.4, -0.2) is 37.8 Å². The maximum Gasteiger partial charge on any atom is 0.258 e. The maximum atomic E-state index is 13.4. The first-order chi connectivity index (χ1) is 12.0. The Morgan fingerprint density at radius 3 is 2.96 bits per heavy atom. The number of carbonyl (C=O) groups excluding carboxylic acids is 1. The highest BCUT2D eigenvalue weighted by atomic mass is 19.1. The number of benzene rings is 2. The monoisotopic (exact) mass is 344 g/mol. The standard InChI is InChI=1S/C19H21FN2O3/c1-22-9-8-13-10-14(6-7-16(13)22)17(23)11-21-19(24)12-25-18-5-3-2-4-15(18)20/h2-7,10,17,23H,8-9,11-12H2,1H3,(H,21,24). The molecule has 0 fully saturated rings. The molecule has 3 rings (SSSR count). The van der Waals surface area contributed by atoms with Crippen molar-refractivity contribution in [3.8, 4) is 5.75 Å². The summed E-state index contributed by atoms with van der Waals surface area (Å²) in [6.45, 7) is 0.746. The minimum atomic E-state index is -0.798. The fourth-order valence-electron chi connectivity index (χ4n) is 2.88. The zero-order chi connectivity index (χ0) is 17.8. The van der Waals surface area contributed by atoms with Crippen LogP contribution in [0, 0.1) is 5.82 Å². The number of aliphatic hydroxyl groups excluding tert-OH is 1. The molecule has 0 radical (unpaired) electrons. The number of para-hydroxylation sites is 1. The van der Waals surface area contributed by atoms with Crippen molar-refractivity contribution in [1.29, 1.82) is 0 Å². The van der Waals surface area contributed by atoms with Gasteiger partial charge >= 0.3 is 0 Å². The molecule has 0 saturated carbocycles. The third-order valence-corrected chi connectivity index (χ3v) is 4.30. The number of rotatable bonds is 6. The Morgan fingerprint density at radius 1 is 1.36 bits per heavy atom. The summed E-state index contributed by atoms with van der Waals surface area (Å²) < 4.78 is 18.5. The van der Waals surface area contributed by atoms with Crippen LogP contribution in [0.2, 0.25) is 0 Å². The van der Waals surface area contributed by atoms with Crippen molar-refractivity contribution in [2.75, 3.05) is 31.6 Å². The Kier molecular flexibility index (Phi) is 5.19. The van der Waals surface area contributed by atoms with E-state index >= 15 is 0 Å². The van der Waals surface area contributed by atoms with E-state index in [0.717, 1.165) is 18.5 Å². The number of carbonyl (C=O) groups is 1. The molecule has 0 aliphatic carbocycles. The number of nitrogens with one attached hydrogen (secondary N) is 1. The molecule has 0 bridgehead atoms. The zero-order valence-electron chi connectivity index (χ0n) is 14.0. The summed E-state index contributed by atoms with van der Waals surface area (Å²) in [4.78, 5) is 14.0. The van der Waals surface area contributed by atoms with Crippen molar-refractivity contribution in [1.82, 2.24) is 5.32 Å². The fraction of sp³-hybridized carbons (Fsp3) is 0.316. The SMILES string of the molecule is CN1CCc2cc(C(O)CNC(=O)COc3ccccc3F)ccc21. The molecule has 2 aromatic carbocycles. The van der Waals surface area contributed by atoms with Gasteiger partial charge in [0.2, 0.25) is 0 Å².